The van der Waals surface area contributed by atoms with Gasteiger partial charge in [0.15, 0.2) is 0 Å². The molecule has 1 amide bonds. The highest BCUT2D eigenvalue weighted by atomic mass is 19.1. The summed E-state index contributed by atoms with van der Waals surface area (Å²) >= 11 is 0. The van der Waals surface area contributed by atoms with Crippen molar-refractivity contribution in [3.8, 4) is 11.4 Å². The molecular formula is C18H14F3N3O2. The maximum atomic E-state index is 13.5. The number of nitrogens with zero attached hydrogens (tertiary/aromatic N) is 2. The van der Waals surface area contributed by atoms with E-state index in [1.165, 1.54) is 24.3 Å². The van der Waals surface area contributed by atoms with E-state index in [9.17, 15) is 18.0 Å². The minimum Gasteiger partial charge on any atom is -0.339 e. The molecule has 5 nitrogen and oxygen atoms in total. The normalized spacial score (nSPS) is 10.7. The van der Waals surface area contributed by atoms with E-state index in [2.05, 4.69) is 15.5 Å². The molecule has 0 aliphatic carbocycles. The van der Waals surface area contributed by atoms with Crippen molar-refractivity contribution in [2.75, 3.05) is 5.32 Å². The number of hydrogen-bond acceptors (Lipinski definition) is 4. The van der Waals surface area contributed by atoms with Crippen molar-refractivity contribution in [2.24, 2.45) is 0 Å². The van der Waals surface area contributed by atoms with Crippen molar-refractivity contribution in [1.29, 1.82) is 0 Å². The molecule has 0 radical (unpaired) electrons. The van der Waals surface area contributed by atoms with Gasteiger partial charge in [-0.15, -0.1) is 0 Å². The number of rotatable bonds is 6. The van der Waals surface area contributed by atoms with Crippen LogP contribution < -0.4 is 5.32 Å². The second kappa shape index (κ2) is 7.81. The molecule has 26 heavy (non-hydrogen) atoms. The average molecular weight is 361 g/mol. The lowest BCUT2D eigenvalue weighted by molar-refractivity contribution is -0.116. The Balaban J connectivity index is 1.50. The summed E-state index contributed by atoms with van der Waals surface area (Å²) in [7, 11) is 0. The van der Waals surface area contributed by atoms with Crippen LogP contribution in [-0.2, 0) is 11.2 Å². The van der Waals surface area contributed by atoms with Gasteiger partial charge >= 0.3 is 0 Å². The minimum absolute atomic E-state index is 0.0761. The van der Waals surface area contributed by atoms with Crippen LogP contribution in [-0.4, -0.2) is 16.0 Å². The number of carbonyl (C=O) groups is 1. The highest BCUT2D eigenvalue weighted by Gasteiger charge is 2.11. The first kappa shape index (κ1) is 17.7. The van der Waals surface area contributed by atoms with Crippen LogP contribution in [0.1, 0.15) is 18.7 Å². The van der Waals surface area contributed by atoms with Crippen LogP contribution >= 0.6 is 0 Å². The SMILES string of the molecule is O=C(CCCc1nc(-c2ccc(F)cc2)no1)Nc1ccc(F)cc1F. The van der Waals surface area contributed by atoms with Crippen LogP contribution in [0, 0.1) is 17.5 Å². The summed E-state index contributed by atoms with van der Waals surface area (Å²) in [5.41, 5.74) is 0.540. The average Bonchev–Trinajstić information content (AvgIpc) is 3.07. The summed E-state index contributed by atoms with van der Waals surface area (Å²) in [6.07, 6.45) is 0.859. The first-order valence-corrected chi connectivity index (χ1v) is 7.85. The fourth-order valence-electron chi connectivity index (χ4n) is 2.28. The Hall–Kier alpha value is -3.16. The van der Waals surface area contributed by atoms with E-state index in [-0.39, 0.29) is 17.9 Å². The zero-order chi connectivity index (χ0) is 18.5. The summed E-state index contributed by atoms with van der Waals surface area (Å²) in [5.74, 6) is -1.65. The van der Waals surface area contributed by atoms with Crippen molar-refractivity contribution in [2.45, 2.75) is 19.3 Å². The number of amides is 1. The van der Waals surface area contributed by atoms with Gasteiger partial charge in [0, 0.05) is 24.5 Å². The number of benzene rings is 2. The fraction of sp³-hybridized carbons (Fsp3) is 0.167. The second-order valence-corrected chi connectivity index (χ2v) is 5.54. The summed E-state index contributed by atoms with van der Waals surface area (Å²) in [4.78, 5) is 16.0. The van der Waals surface area contributed by atoms with Gasteiger partial charge in [0.1, 0.15) is 17.5 Å². The maximum absolute atomic E-state index is 13.5. The highest BCUT2D eigenvalue weighted by molar-refractivity contribution is 5.90. The van der Waals surface area contributed by atoms with Gasteiger partial charge in [-0.1, -0.05) is 5.16 Å². The van der Waals surface area contributed by atoms with Gasteiger partial charge in [-0.3, -0.25) is 4.79 Å². The Labute approximate surface area is 146 Å². The summed E-state index contributed by atoms with van der Waals surface area (Å²) in [6.45, 7) is 0. The molecule has 0 saturated heterocycles. The van der Waals surface area contributed by atoms with E-state index in [4.69, 9.17) is 4.52 Å². The monoisotopic (exact) mass is 361 g/mol. The van der Waals surface area contributed by atoms with E-state index in [1.807, 2.05) is 0 Å². The van der Waals surface area contributed by atoms with Crippen molar-refractivity contribution < 1.29 is 22.5 Å². The molecule has 0 atom stereocenters. The van der Waals surface area contributed by atoms with Crippen molar-refractivity contribution in [3.63, 3.8) is 0 Å². The van der Waals surface area contributed by atoms with Crippen molar-refractivity contribution in [1.82, 2.24) is 10.1 Å². The molecule has 1 aromatic heterocycles. The van der Waals surface area contributed by atoms with Crippen LogP contribution in [0.25, 0.3) is 11.4 Å². The lowest BCUT2D eigenvalue weighted by Crippen LogP contribution is -2.12. The molecular weight excluding hydrogens is 347 g/mol. The van der Waals surface area contributed by atoms with E-state index >= 15 is 0 Å². The largest absolute Gasteiger partial charge is 0.339 e. The summed E-state index contributed by atoms with van der Waals surface area (Å²) in [6, 6.07) is 8.59. The number of anilines is 1. The molecule has 2 aromatic carbocycles. The number of hydrogen-bond donors (Lipinski definition) is 1. The lowest BCUT2D eigenvalue weighted by Gasteiger charge is -2.05. The van der Waals surface area contributed by atoms with E-state index < -0.39 is 17.5 Å². The van der Waals surface area contributed by atoms with E-state index in [0.717, 1.165) is 12.1 Å². The first-order valence-electron chi connectivity index (χ1n) is 7.85. The number of nitrogens with one attached hydrogen (secondary N) is 1. The number of aryl methyl sites for hydroxylation is 1. The Morgan fingerprint density at radius 1 is 1.04 bits per heavy atom. The molecule has 3 rings (SSSR count). The van der Waals surface area contributed by atoms with Crippen LogP contribution in [0.15, 0.2) is 47.0 Å². The highest BCUT2D eigenvalue weighted by Crippen LogP contribution is 2.18. The van der Waals surface area contributed by atoms with Crippen molar-refractivity contribution in [3.05, 3.63) is 65.8 Å². The molecule has 0 unspecified atom stereocenters. The summed E-state index contributed by atoms with van der Waals surface area (Å²) in [5, 5.41) is 6.18. The molecule has 0 bridgehead atoms. The molecule has 1 heterocycles. The Kier molecular flexibility index (Phi) is 5.31. The molecule has 0 aliphatic heterocycles. The van der Waals surface area contributed by atoms with Gasteiger partial charge in [0.2, 0.25) is 17.6 Å². The lowest BCUT2D eigenvalue weighted by atomic mass is 10.2. The number of aromatic nitrogens is 2. The third-order valence-corrected chi connectivity index (χ3v) is 3.57. The zero-order valence-corrected chi connectivity index (χ0v) is 13.5. The number of carbonyl (C=O) groups excluding carboxylic acids is 1. The predicted octanol–water partition coefficient (Wildman–Crippen LogP) is 4.12. The molecule has 0 spiro atoms. The molecule has 134 valence electrons. The van der Waals surface area contributed by atoms with Crippen LogP contribution in [0.3, 0.4) is 0 Å². The molecule has 0 saturated carbocycles. The third-order valence-electron chi connectivity index (χ3n) is 3.57. The Bertz CT molecular complexity index is 910. The third kappa shape index (κ3) is 4.47. The fourth-order valence-corrected chi connectivity index (χ4v) is 2.28. The first-order chi connectivity index (χ1) is 12.5. The van der Waals surface area contributed by atoms with Gasteiger partial charge in [0.25, 0.3) is 0 Å². The van der Waals surface area contributed by atoms with Crippen molar-refractivity contribution >= 4 is 11.6 Å². The molecule has 0 fully saturated rings. The van der Waals surface area contributed by atoms with Crippen LogP contribution in [0.4, 0.5) is 18.9 Å². The van der Waals surface area contributed by atoms with E-state index in [0.29, 0.717) is 36.2 Å². The van der Waals surface area contributed by atoms with Gasteiger partial charge in [0.05, 0.1) is 5.69 Å². The Morgan fingerprint density at radius 3 is 2.50 bits per heavy atom. The van der Waals surface area contributed by atoms with Gasteiger partial charge < -0.3 is 9.84 Å². The molecule has 1 N–H and O–H groups in total. The Morgan fingerprint density at radius 2 is 1.77 bits per heavy atom. The predicted molar refractivity (Wildman–Crippen MR) is 87.6 cm³/mol. The topological polar surface area (TPSA) is 68.0 Å². The maximum Gasteiger partial charge on any atom is 0.226 e. The van der Waals surface area contributed by atoms with Gasteiger partial charge in [-0.25, -0.2) is 13.2 Å². The molecule has 0 aliphatic rings. The molecule has 3 aromatic rings. The number of halogens is 3. The van der Waals surface area contributed by atoms with Crippen LogP contribution in [0.2, 0.25) is 0 Å². The summed E-state index contributed by atoms with van der Waals surface area (Å²) < 4.78 is 44.3. The standard InChI is InChI=1S/C18H14F3N3O2/c19-12-6-4-11(5-7-12)18-23-17(26-24-18)3-1-2-16(25)22-15-9-8-13(20)10-14(15)21/h4-10H,1-3H2,(H,22,25). The minimum atomic E-state index is -0.834. The zero-order valence-electron chi connectivity index (χ0n) is 13.5. The smallest absolute Gasteiger partial charge is 0.226 e. The van der Waals surface area contributed by atoms with Gasteiger partial charge in [-0.05, 0) is 42.8 Å². The second-order valence-electron chi connectivity index (χ2n) is 5.54. The molecule has 8 heteroatoms. The quantitative estimate of drug-likeness (QED) is 0.717. The van der Waals surface area contributed by atoms with E-state index in [1.54, 1.807) is 0 Å². The van der Waals surface area contributed by atoms with Gasteiger partial charge in [-0.2, -0.15) is 4.98 Å². The van der Waals surface area contributed by atoms with Crippen LogP contribution in [0.5, 0.6) is 0 Å².